The molecule has 0 spiro atoms. The Kier molecular flexibility index (Phi) is 4.81. The van der Waals surface area contributed by atoms with Crippen molar-refractivity contribution in [2.75, 3.05) is 42.3 Å². The number of fused-ring (bicyclic) bond motifs is 1. The Morgan fingerprint density at radius 1 is 1.18 bits per heavy atom. The van der Waals surface area contributed by atoms with Gasteiger partial charge < -0.3 is 15.1 Å². The number of nitrogens with one attached hydrogen (secondary N) is 1. The minimum Gasteiger partial charge on any atom is -0.367 e. The quantitative estimate of drug-likeness (QED) is 0.723. The molecule has 0 unspecified atom stereocenters. The minimum absolute atomic E-state index is 0.0643. The predicted molar refractivity (Wildman–Crippen MR) is 110 cm³/mol. The number of anilines is 3. The molecule has 0 saturated carbocycles. The van der Waals surface area contributed by atoms with Crippen LogP contribution in [0.15, 0.2) is 35.5 Å². The van der Waals surface area contributed by atoms with Gasteiger partial charge in [-0.2, -0.15) is 4.98 Å². The number of hydrogen-bond acceptors (Lipinski definition) is 8. The smallest absolute Gasteiger partial charge is 0.264 e. The van der Waals surface area contributed by atoms with E-state index in [9.17, 15) is 4.79 Å². The van der Waals surface area contributed by atoms with Crippen molar-refractivity contribution in [1.29, 1.82) is 0 Å². The van der Waals surface area contributed by atoms with Gasteiger partial charge in [0.15, 0.2) is 5.65 Å². The second-order valence-corrected chi connectivity index (χ2v) is 7.21. The van der Waals surface area contributed by atoms with Crippen LogP contribution in [-0.4, -0.2) is 57.7 Å². The standard InChI is InChI=1S/C19H24N8O/c1-25(2)16-11-15(21-12-22-16)23-13-6-9-27(10-7-13)19-24-17-14(5-4-8-20-17)18(28)26(19)3/h4-5,8,11-13H,6-7,9-10H2,1-3H3,(H,21,22,23). The van der Waals surface area contributed by atoms with Crippen LogP contribution in [0.5, 0.6) is 0 Å². The molecule has 0 amide bonds. The molecule has 4 rings (SSSR count). The highest BCUT2D eigenvalue weighted by molar-refractivity contribution is 5.74. The molecule has 28 heavy (non-hydrogen) atoms. The summed E-state index contributed by atoms with van der Waals surface area (Å²) in [5, 5.41) is 4.05. The Hall–Kier alpha value is -3.23. The first-order valence-corrected chi connectivity index (χ1v) is 9.35. The van der Waals surface area contributed by atoms with E-state index in [-0.39, 0.29) is 5.56 Å². The molecular weight excluding hydrogens is 356 g/mol. The van der Waals surface area contributed by atoms with E-state index in [0.29, 0.717) is 23.0 Å². The third kappa shape index (κ3) is 3.47. The lowest BCUT2D eigenvalue weighted by molar-refractivity contribution is 0.512. The Labute approximate surface area is 163 Å². The second kappa shape index (κ2) is 7.41. The number of hydrogen-bond donors (Lipinski definition) is 1. The normalized spacial score (nSPS) is 15.0. The van der Waals surface area contributed by atoms with Crippen molar-refractivity contribution in [3.05, 3.63) is 41.1 Å². The van der Waals surface area contributed by atoms with Gasteiger partial charge in [0.2, 0.25) is 5.95 Å². The SMILES string of the molecule is CN(C)c1cc(NC2CCN(c3nc4ncccc4c(=O)n3C)CC2)ncn1. The topological polar surface area (TPSA) is 92.1 Å². The fraction of sp³-hybridized carbons (Fsp3) is 0.421. The summed E-state index contributed by atoms with van der Waals surface area (Å²) in [6.07, 6.45) is 5.10. The molecule has 146 valence electrons. The van der Waals surface area contributed by atoms with Crippen LogP contribution < -0.4 is 20.7 Å². The molecule has 1 saturated heterocycles. The summed E-state index contributed by atoms with van der Waals surface area (Å²) in [5.74, 6) is 2.38. The highest BCUT2D eigenvalue weighted by atomic mass is 16.1. The summed E-state index contributed by atoms with van der Waals surface area (Å²) in [6.45, 7) is 1.61. The largest absolute Gasteiger partial charge is 0.367 e. The van der Waals surface area contributed by atoms with E-state index in [2.05, 4.69) is 30.2 Å². The number of nitrogens with zero attached hydrogens (tertiary/aromatic N) is 7. The Morgan fingerprint density at radius 2 is 1.96 bits per heavy atom. The van der Waals surface area contributed by atoms with Crippen LogP contribution >= 0.6 is 0 Å². The zero-order valence-corrected chi connectivity index (χ0v) is 16.3. The molecule has 0 bridgehead atoms. The first-order valence-electron chi connectivity index (χ1n) is 9.35. The first kappa shape index (κ1) is 18.1. The van der Waals surface area contributed by atoms with Gasteiger partial charge in [0, 0.05) is 52.5 Å². The summed E-state index contributed by atoms with van der Waals surface area (Å²) in [4.78, 5) is 34.2. The van der Waals surface area contributed by atoms with Crippen molar-refractivity contribution >= 4 is 28.6 Å². The lowest BCUT2D eigenvalue weighted by Crippen LogP contribution is -2.42. The summed E-state index contributed by atoms with van der Waals surface area (Å²) in [7, 11) is 5.69. The molecule has 0 atom stereocenters. The van der Waals surface area contributed by atoms with Crippen molar-refractivity contribution in [2.45, 2.75) is 18.9 Å². The average molecular weight is 380 g/mol. The van der Waals surface area contributed by atoms with Crippen LogP contribution in [0.4, 0.5) is 17.6 Å². The molecule has 1 N–H and O–H groups in total. The van der Waals surface area contributed by atoms with E-state index in [1.807, 2.05) is 25.1 Å². The zero-order valence-electron chi connectivity index (χ0n) is 16.3. The minimum atomic E-state index is -0.0643. The maximum absolute atomic E-state index is 12.6. The highest BCUT2D eigenvalue weighted by Gasteiger charge is 2.23. The summed E-state index contributed by atoms with van der Waals surface area (Å²) in [6, 6.07) is 5.79. The van der Waals surface area contributed by atoms with Gasteiger partial charge in [-0.3, -0.25) is 9.36 Å². The molecule has 1 fully saturated rings. The third-order valence-electron chi connectivity index (χ3n) is 5.07. The average Bonchev–Trinajstić information content (AvgIpc) is 2.71. The van der Waals surface area contributed by atoms with Crippen molar-refractivity contribution in [2.24, 2.45) is 7.05 Å². The number of piperidine rings is 1. The molecule has 0 radical (unpaired) electrons. The van der Waals surface area contributed by atoms with E-state index in [1.165, 1.54) is 0 Å². The van der Waals surface area contributed by atoms with E-state index < -0.39 is 0 Å². The molecule has 9 nitrogen and oxygen atoms in total. The van der Waals surface area contributed by atoms with Gasteiger partial charge in [0.05, 0.1) is 5.39 Å². The van der Waals surface area contributed by atoms with Crippen LogP contribution in [0, 0.1) is 0 Å². The lowest BCUT2D eigenvalue weighted by Gasteiger charge is -2.34. The predicted octanol–water partition coefficient (Wildman–Crippen LogP) is 1.27. The van der Waals surface area contributed by atoms with E-state index >= 15 is 0 Å². The van der Waals surface area contributed by atoms with Crippen LogP contribution in [0.3, 0.4) is 0 Å². The molecular formula is C19H24N8O. The van der Waals surface area contributed by atoms with Crippen molar-refractivity contribution in [3.63, 3.8) is 0 Å². The van der Waals surface area contributed by atoms with Crippen LogP contribution in [0.1, 0.15) is 12.8 Å². The fourth-order valence-corrected chi connectivity index (χ4v) is 3.48. The molecule has 9 heteroatoms. The maximum Gasteiger partial charge on any atom is 0.264 e. The number of aromatic nitrogens is 5. The van der Waals surface area contributed by atoms with Crippen molar-refractivity contribution in [1.82, 2.24) is 24.5 Å². The molecule has 4 heterocycles. The van der Waals surface area contributed by atoms with Crippen LogP contribution in [0.2, 0.25) is 0 Å². The first-order chi connectivity index (χ1) is 13.5. The number of rotatable bonds is 4. The highest BCUT2D eigenvalue weighted by Crippen LogP contribution is 2.21. The fourth-order valence-electron chi connectivity index (χ4n) is 3.48. The van der Waals surface area contributed by atoms with Crippen LogP contribution in [0.25, 0.3) is 11.0 Å². The van der Waals surface area contributed by atoms with Gasteiger partial charge in [0.1, 0.15) is 18.0 Å². The van der Waals surface area contributed by atoms with E-state index in [0.717, 1.165) is 37.6 Å². The molecule has 1 aliphatic heterocycles. The molecule has 3 aromatic heterocycles. The summed E-state index contributed by atoms with van der Waals surface area (Å²) >= 11 is 0. The molecule has 3 aromatic rings. The van der Waals surface area contributed by atoms with E-state index in [1.54, 1.807) is 36.3 Å². The zero-order chi connectivity index (χ0) is 19.7. The van der Waals surface area contributed by atoms with E-state index in [4.69, 9.17) is 0 Å². The van der Waals surface area contributed by atoms with Crippen LogP contribution in [-0.2, 0) is 7.05 Å². The molecule has 1 aliphatic rings. The number of pyridine rings is 1. The Morgan fingerprint density at radius 3 is 2.71 bits per heavy atom. The van der Waals surface area contributed by atoms with Crippen molar-refractivity contribution < 1.29 is 0 Å². The maximum atomic E-state index is 12.6. The van der Waals surface area contributed by atoms with Gasteiger partial charge in [0.25, 0.3) is 5.56 Å². The van der Waals surface area contributed by atoms with Gasteiger partial charge in [-0.05, 0) is 25.0 Å². The Bertz CT molecular complexity index is 1040. The second-order valence-electron chi connectivity index (χ2n) is 7.21. The lowest BCUT2D eigenvalue weighted by atomic mass is 10.1. The Balaban J connectivity index is 1.47. The van der Waals surface area contributed by atoms with Gasteiger partial charge in [-0.1, -0.05) is 0 Å². The van der Waals surface area contributed by atoms with Gasteiger partial charge >= 0.3 is 0 Å². The van der Waals surface area contributed by atoms with Crippen molar-refractivity contribution in [3.8, 4) is 0 Å². The monoisotopic (exact) mass is 380 g/mol. The summed E-state index contributed by atoms with van der Waals surface area (Å²) in [5.41, 5.74) is 0.434. The van der Waals surface area contributed by atoms with Gasteiger partial charge in [-0.15, -0.1) is 0 Å². The molecule has 0 aromatic carbocycles. The van der Waals surface area contributed by atoms with Gasteiger partial charge in [-0.25, -0.2) is 15.0 Å². The summed E-state index contributed by atoms with van der Waals surface area (Å²) < 4.78 is 1.62. The molecule has 0 aliphatic carbocycles. The third-order valence-corrected chi connectivity index (χ3v) is 5.07.